The topological polar surface area (TPSA) is 95.9 Å². The van der Waals surface area contributed by atoms with Crippen molar-refractivity contribution in [2.24, 2.45) is 5.92 Å². The maximum absolute atomic E-state index is 13.8. The lowest BCUT2D eigenvalue weighted by atomic mass is 9.98. The summed E-state index contributed by atoms with van der Waals surface area (Å²) in [5.41, 5.74) is 2.08. The van der Waals surface area contributed by atoms with Gasteiger partial charge in [0.15, 0.2) is 0 Å². The third kappa shape index (κ3) is 3.81. The van der Waals surface area contributed by atoms with Gasteiger partial charge in [0.2, 0.25) is 6.04 Å². The molecule has 0 aromatic heterocycles. The van der Waals surface area contributed by atoms with Gasteiger partial charge < -0.3 is 20.1 Å². The number of carboxylic acids is 1. The Morgan fingerprint density at radius 3 is 2.26 bits per heavy atom. The maximum atomic E-state index is 13.8. The summed E-state index contributed by atoms with van der Waals surface area (Å²) in [4.78, 5) is 37.9. The number of carboxylic acid groups (broad SMARTS) is 1. The number of likely N-dealkylation sites (tertiary alicyclic amines) is 1. The third-order valence-corrected chi connectivity index (χ3v) is 7.31. The largest absolute Gasteiger partial charge is 0.479 e. The Hall–Kier alpha value is -3.56. The lowest BCUT2D eigenvalue weighted by molar-refractivity contribution is -0.180. The minimum absolute atomic E-state index is 0.111. The number of hydrogen-bond donors (Lipinski definition) is 2. The molecule has 2 aliphatic carbocycles. The van der Waals surface area contributed by atoms with Crippen LogP contribution in [0.25, 0.3) is 11.1 Å². The van der Waals surface area contributed by atoms with Crippen LogP contribution in [-0.2, 0) is 14.3 Å². The smallest absolute Gasteiger partial charge is 0.417 e. The summed E-state index contributed by atoms with van der Waals surface area (Å²) >= 11 is 0. The van der Waals surface area contributed by atoms with Crippen molar-refractivity contribution >= 4 is 18.0 Å². The first-order valence-electron chi connectivity index (χ1n) is 11.4. The van der Waals surface area contributed by atoms with E-state index in [9.17, 15) is 32.7 Å². The molecule has 0 radical (unpaired) electrons. The van der Waals surface area contributed by atoms with Gasteiger partial charge in [0.1, 0.15) is 12.1 Å². The normalized spacial score (nSPS) is 23.5. The highest BCUT2D eigenvalue weighted by Crippen LogP contribution is 2.54. The number of fused-ring (bicyclic) bond motifs is 4. The zero-order valence-electron chi connectivity index (χ0n) is 18.5. The Bertz CT molecular complexity index is 1150. The number of piperidine rings is 1. The van der Waals surface area contributed by atoms with E-state index in [1.807, 2.05) is 48.5 Å². The van der Waals surface area contributed by atoms with Gasteiger partial charge in [0.25, 0.3) is 5.91 Å². The highest BCUT2D eigenvalue weighted by Gasteiger charge is 2.68. The maximum Gasteiger partial charge on any atom is 0.417 e. The number of rotatable bonds is 5. The average Bonchev–Trinajstić information content (AvgIpc) is 3.51. The van der Waals surface area contributed by atoms with Crippen molar-refractivity contribution in [3.63, 3.8) is 0 Å². The Morgan fingerprint density at radius 1 is 1.09 bits per heavy atom. The number of benzene rings is 2. The number of nitrogens with zero attached hydrogens (tertiary/aromatic N) is 1. The zero-order valence-corrected chi connectivity index (χ0v) is 18.5. The summed E-state index contributed by atoms with van der Waals surface area (Å²) < 4.78 is 46.6. The number of alkyl halides is 3. The van der Waals surface area contributed by atoms with Crippen LogP contribution < -0.4 is 5.32 Å². The second-order valence-electron chi connectivity index (χ2n) is 9.21. The second kappa shape index (κ2) is 8.28. The van der Waals surface area contributed by atoms with E-state index in [2.05, 4.69) is 0 Å². The summed E-state index contributed by atoms with van der Waals surface area (Å²) in [6.07, 6.45) is -5.46. The molecule has 0 bridgehead atoms. The Balaban J connectivity index is 1.31. The van der Waals surface area contributed by atoms with Crippen LogP contribution >= 0.6 is 0 Å². The molecule has 7 nitrogen and oxygen atoms in total. The minimum Gasteiger partial charge on any atom is -0.479 e. The molecule has 10 heteroatoms. The molecule has 0 spiro atoms. The molecular weight excluding hydrogens is 465 g/mol. The molecule has 3 atom stereocenters. The van der Waals surface area contributed by atoms with Crippen molar-refractivity contribution in [3.8, 4) is 11.1 Å². The number of alkyl carbamates (subject to hydrolysis) is 1. The van der Waals surface area contributed by atoms with Gasteiger partial charge in [-0.1, -0.05) is 48.5 Å². The summed E-state index contributed by atoms with van der Waals surface area (Å²) in [6, 6.07) is 12.1. The molecule has 35 heavy (non-hydrogen) atoms. The van der Waals surface area contributed by atoms with Crippen LogP contribution in [0.1, 0.15) is 36.3 Å². The fourth-order valence-electron chi connectivity index (χ4n) is 5.57. The van der Waals surface area contributed by atoms with Crippen LogP contribution in [0.2, 0.25) is 0 Å². The molecule has 2 aromatic carbocycles. The van der Waals surface area contributed by atoms with Crippen molar-refractivity contribution in [1.29, 1.82) is 0 Å². The molecule has 2 amide bonds. The van der Waals surface area contributed by atoms with Crippen molar-refractivity contribution in [1.82, 2.24) is 10.2 Å². The van der Waals surface area contributed by atoms with Crippen molar-refractivity contribution < 1.29 is 37.4 Å². The van der Waals surface area contributed by atoms with Crippen LogP contribution in [-0.4, -0.2) is 58.9 Å². The molecule has 1 saturated carbocycles. The van der Waals surface area contributed by atoms with Gasteiger partial charge in [-0.05, 0) is 47.4 Å². The van der Waals surface area contributed by atoms with Crippen molar-refractivity contribution in [2.45, 2.75) is 42.9 Å². The fourth-order valence-corrected chi connectivity index (χ4v) is 5.57. The molecular formula is C25H23F3N2O5. The molecule has 3 unspecified atom stereocenters. The van der Waals surface area contributed by atoms with Crippen LogP contribution in [0.5, 0.6) is 0 Å². The fraction of sp³-hybridized carbons (Fsp3) is 0.400. The predicted molar refractivity (Wildman–Crippen MR) is 117 cm³/mol. The molecule has 2 N–H and O–H groups in total. The third-order valence-electron chi connectivity index (χ3n) is 7.31. The number of halogens is 3. The number of nitrogens with one attached hydrogen (secondary N) is 1. The second-order valence-corrected chi connectivity index (χ2v) is 9.21. The Morgan fingerprint density at radius 2 is 1.69 bits per heavy atom. The molecule has 5 rings (SSSR count). The Kier molecular flexibility index (Phi) is 5.49. The minimum atomic E-state index is -5.12. The van der Waals surface area contributed by atoms with Crippen molar-refractivity contribution in [2.75, 3.05) is 13.2 Å². The van der Waals surface area contributed by atoms with Crippen molar-refractivity contribution in [3.05, 3.63) is 59.7 Å². The number of carbonyl (C=O) groups is 3. The highest BCUT2D eigenvalue weighted by atomic mass is 19.4. The first-order chi connectivity index (χ1) is 16.6. The molecule has 1 heterocycles. The monoisotopic (exact) mass is 488 g/mol. The van der Waals surface area contributed by atoms with Gasteiger partial charge in [-0.25, -0.2) is 9.59 Å². The summed E-state index contributed by atoms with van der Waals surface area (Å²) in [5.74, 6) is -3.54. The molecule has 3 aliphatic rings. The molecule has 1 aliphatic heterocycles. The number of amides is 2. The van der Waals surface area contributed by atoms with Gasteiger partial charge in [0, 0.05) is 12.5 Å². The highest BCUT2D eigenvalue weighted by molar-refractivity contribution is 5.94. The van der Waals surface area contributed by atoms with E-state index in [-0.39, 0.29) is 31.4 Å². The van der Waals surface area contributed by atoms with Gasteiger partial charge in [-0.3, -0.25) is 4.79 Å². The number of aliphatic carboxylic acids is 1. The zero-order chi connectivity index (χ0) is 25.0. The van der Waals surface area contributed by atoms with Crippen LogP contribution in [0.3, 0.4) is 0 Å². The molecule has 1 saturated heterocycles. The molecule has 2 fully saturated rings. The average molecular weight is 488 g/mol. The van der Waals surface area contributed by atoms with Gasteiger partial charge >= 0.3 is 18.2 Å². The van der Waals surface area contributed by atoms with Crippen LogP contribution in [0.15, 0.2) is 48.5 Å². The summed E-state index contributed by atoms with van der Waals surface area (Å²) in [6.45, 7) is -0.329. The Labute approximate surface area is 198 Å². The standard InChI is InChI=1S/C25H23F3N2O5/c26-25(27,28)20(21(31)30-11-5-6-14-12-24(14,30)22(32)33)29-23(34)35-13-19-17-9-3-1-7-15(17)16-8-2-4-10-18(16)19/h1-4,7-10,14,19-20H,5-6,11-13H2,(H,29,34)(H,32,33). The molecule has 2 aromatic rings. The SMILES string of the molecule is O=C(NC(C(=O)N1CCCC2CC21C(=O)O)C(F)(F)F)OCC1c2ccccc2-c2ccccc21. The van der Waals surface area contributed by atoms with E-state index in [0.29, 0.717) is 12.8 Å². The summed E-state index contributed by atoms with van der Waals surface area (Å²) in [7, 11) is 0. The number of hydrogen-bond acceptors (Lipinski definition) is 4. The van der Waals surface area contributed by atoms with E-state index in [4.69, 9.17) is 4.74 Å². The lowest BCUT2D eigenvalue weighted by Gasteiger charge is -2.36. The van der Waals surface area contributed by atoms with E-state index >= 15 is 0 Å². The summed E-state index contributed by atoms with van der Waals surface area (Å²) in [5, 5.41) is 11.3. The van der Waals surface area contributed by atoms with E-state index in [0.717, 1.165) is 27.2 Å². The number of ether oxygens (including phenoxy) is 1. The van der Waals surface area contributed by atoms with E-state index in [1.165, 1.54) is 0 Å². The first kappa shape index (κ1) is 23.2. The van der Waals surface area contributed by atoms with E-state index in [1.54, 1.807) is 5.32 Å². The first-order valence-corrected chi connectivity index (χ1v) is 11.4. The molecule has 184 valence electrons. The number of carbonyl (C=O) groups excluding carboxylic acids is 2. The lowest BCUT2D eigenvalue weighted by Crippen LogP contribution is -2.61. The van der Waals surface area contributed by atoms with Crippen LogP contribution in [0.4, 0.5) is 18.0 Å². The quantitative estimate of drug-likeness (QED) is 0.665. The van der Waals surface area contributed by atoms with Gasteiger partial charge in [0.05, 0.1) is 0 Å². The van der Waals surface area contributed by atoms with Gasteiger partial charge in [-0.2, -0.15) is 13.2 Å². The van der Waals surface area contributed by atoms with E-state index < -0.39 is 35.7 Å². The predicted octanol–water partition coefficient (Wildman–Crippen LogP) is 3.92. The van der Waals surface area contributed by atoms with Gasteiger partial charge in [-0.15, -0.1) is 0 Å². The van der Waals surface area contributed by atoms with Crippen LogP contribution in [0, 0.1) is 5.92 Å².